The zero-order chi connectivity index (χ0) is 21.0. The first kappa shape index (κ1) is 20.2. The van der Waals surface area contributed by atoms with Crippen LogP contribution in [0.15, 0.2) is 48.8 Å². The monoisotopic (exact) mass is 406 g/mol. The minimum Gasteiger partial charge on any atom is -0.465 e. The van der Waals surface area contributed by atoms with E-state index in [4.69, 9.17) is 0 Å². The van der Waals surface area contributed by atoms with E-state index in [1.165, 1.54) is 37.7 Å². The van der Waals surface area contributed by atoms with E-state index in [1.54, 1.807) is 6.07 Å². The molecule has 0 atom stereocenters. The normalized spacial score (nSPS) is 11.2. The smallest absolute Gasteiger partial charge is 0.433 e. The largest absolute Gasteiger partial charge is 0.465 e. The third kappa shape index (κ3) is 4.84. The Hall–Kier alpha value is -3.56. The number of hydrogen-bond acceptors (Lipinski definition) is 6. The maximum Gasteiger partial charge on any atom is 0.433 e. The number of anilines is 1. The molecule has 3 rings (SSSR count). The fraction of sp³-hybridized carbons (Fsp3) is 0.158. The van der Waals surface area contributed by atoms with Crippen LogP contribution in [-0.4, -0.2) is 28.0 Å². The predicted octanol–water partition coefficient (Wildman–Crippen LogP) is 4.10. The highest BCUT2D eigenvalue weighted by molar-refractivity contribution is 5.89. The van der Waals surface area contributed by atoms with Crippen molar-refractivity contribution in [3.63, 3.8) is 0 Å². The lowest BCUT2D eigenvalue weighted by molar-refractivity contribution is -0.141. The van der Waals surface area contributed by atoms with E-state index >= 15 is 0 Å². The van der Waals surface area contributed by atoms with Crippen LogP contribution in [0.4, 0.5) is 23.4 Å². The van der Waals surface area contributed by atoms with E-state index in [9.17, 15) is 22.4 Å². The predicted molar refractivity (Wildman–Crippen MR) is 95.3 cm³/mol. The Morgan fingerprint density at radius 3 is 2.62 bits per heavy atom. The summed E-state index contributed by atoms with van der Waals surface area (Å²) in [5, 5.41) is 2.64. The summed E-state index contributed by atoms with van der Waals surface area (Å²) < 4.78 is 58.3. The molecule has 6 nitrogen and oxygen atoms in total. The van der Waals surface area contributed by atoms with Crippen molar-refractivity contribution in [1.82, 2.24) is 15.0 Å². The number of pyridine rings is 1. The third-order valence-corrected chi connectivity index (χ3v) is 3.86. The molecule has 0 aliphatic carbocycles. The molecule has 0 unspecified atom stereocenters. The number of carbonyl (C=O) groups excluding carboxylic acids is 1. The molecule has 150 valence electrons. The molecule has 0 radical (unpaired) electrons. The van der Waals surface area contributed by atoms with Crippen molar-refractivity contribution in [2.24, 2.45) is 0 Å². The second-order valence-corrected chi connectivity index (χ2v) is 5.85. The molecule has 2 heterocycles. The minimum atomic E-state index is -4.70. The Kier molecular flexibility index (Phi) is 5.71. The zero-order valence-electron chi connectivity index (χ0n) is 15.0. The Balaban J connectivity index is 1.92. The van der Waals surface area contributed by atoms with Gasteiger partial charge in [-0.1, -0.05) is 0 Å². The molecule has 0 saturated carbocycles. The van der Waals surface area contributed by atoms with Crippen LogP contribution in [0.3, 0.4) is 0 Å². The summed E-state index contributed by atoms with van der Waals surface area (Å²) in [7, 11) is 1.18. The van der Waals surface area contributed by atoms with Gasteiger partial charge in [0.1, 0.15) is 11.6 Å². The number of hydrogen-bond donors (Lipinski definition) is 1. The third-order valence-electron chi connectivity index (χ3n) is 3.86. The van der Waals surface area contributed by atoms with Crippen LogP contribution in [0.25, 0.3) is 11.4 Å². The van der Waals surface area contributed by atoms with Gasteiger partial charge in [0.2, 0.25) is 0 Å². The van der Waals surface area contributed by atoms with Crippen LogP contribution < -0.4 is 5.32 Å². The van der Waals surface area contributed by atoms with Gasteiger partial charge in [-0.2, -0.15) is 13.2 Å². The molecular formula is C19H14F4N4O2. The number of nitrogens with zero attached hydrogens (tertiary/aromatic N) is 3. The topological polar surface area (TPSA) is 77.0 Å². The van der Waals surface area contributed by atoms with E-state index in [2.05, 4.69) is 25.0 Å². The number of methoxy groups -OCH3 is 1. The number of carbonyl (C=O) groups is 1. The molecule has 0 aliphatic rings. The molecule has 0 fully saturated rings. The number of benzene rings is 1. The first-order valence-electron chi connectivity index (χ1n) is 8.25. The van der Waals surface area contributed by atoms with E-state index in [0.29, 0.717) is 5.56 Å². The van der Waals surface area contributed by atoms with Gasteiger partial charge >= 0.3 is 12.1 Å². The van der Waals surface area contributed by atoms with Gasteiger partial charge in [0.25, 0.3) is 0 Å². The van der Waals surface area contributed by atoms with Gasteiger partial charge in [0, 0.05) is 36.1 Å². The molecule has 10 heteroatoms. The average Bonchev–Trinajstić information content (AvgIpc) is 2.72. The molecule has 0 amide bonds. The van der Waals surface area contributed by atoms with Crippen molar-refractivity contribution in [2.75, 3.05) is 12.4 Å². The quantitative estimate of drug-likeness (QED) is 0.508. The van der Waals surface area contributed by atoms with Crippen LogP contribution in [0.5, 0.6) is 0 Å². The lowest BCUT2D eigenvalue weighted by atomic mass is 10.1. The van der Waals surface area contributed by atoms with Crippen molar-refractivity contribution in [3.05, 3.63) is 71.4 Å². The van der Waals surface area contributed by atoms with Crippen molar-refractivity contribution >= 4 is 11.8 Å². The molecular weight excluding hydrogens is 392 g/mol. The van der Waals surface area contributed by atoms with Crippen LogP contribution in [0, 0.1) is 5.82 Å². The van der Waals surface area contributed by atoms with Gasteiger partial charge in [-0.05, 0) is 30.3 Å². The number of esters is 1. The highest BCUT2D eigenvalue weighted by atomic mass is 19.4. The SMILES string of the molecule is COC(=O)c1ccc(F)c(CNc2cc(C(F)(F)F)nc(-c3cccnc3)n2)c1. The highest BCUT2D eigenvalue weighted by Crippen LogP contribution is 2.30. The number of ether oxygens (including phenoxy) is 1. The molecule has 0 saturated heterocycles. The molecule has 1 N–H and O–H groups in total. The Morgan fingerprint density at radius 1 is 1.17 bits per heavy atom. The summed E-state index contributed by atoms with van der Waals surface area (Å²) in [4.78, 5) is 23.0. The molecule has 0 aliphatic heterocycles. The van der Waals surface area contributed by atoms with Gasteiger partial charge in [-0.3, -0.25) is 4.98 Å². The minimum absolute atomic E-state index is 0.0583. The first-order valence-corrected chi connectivity index (χ1v) is 8.25. The van der Waals surface area contributed by atoms with Crippen LogP contribution >= 0.6 is 0 Å². The molecule has 1 aromatic carbocycles. The molecule has 0 spiro atoms. The Morgan fingerprint density at radius 2 is 1.97 bits per heavy atom. The van der Waals surface area contributed by atoms with Gasteiger partial charge in [0.15, 0.2) is 11.5 Å². The summed E-state index contributed by atoms with van der Waals surface area (Å²) in [5.74, 6) is -1.64. The van der Waals surface area contributed by atoms with Gasteiger partial charge in [-0.25, -0.2) is 19.2 Å². The average molecular weight is 406 g/mol. The number of nitrogens with one attached hydrogen (secondary N) is 1. The number of rotatable bonds is 5. The van der Waals surface area contributed by atoms with E-state index in [-0.39, 0.29) is 29.3 Å². The van der Waals surface area contributed by atoms with Crippen molar-refractivity contribution < 1.29 is 27.1 Å². The fourth-order valence-electron chi connectivity index (χ4n) is 2.45. The van der Waals surface area contributed by atoms with Crippen LogP contribution in [0.2, 0.25) is 0 Å². The zero-order valence-corrected chi connectivity index (χ0v) is 15.0. The Labute approximate surface area is 162 Å². The van der Waals surface area contributed by atoms with Gasteiger partial charge in [0.05, 0.1) is 12.7 Å². The number of halogens is 4. The van der Waals surface area contributed by atoms with Gasteiger partial charge < -0.3 is 10.1 Å². The summed E-state index contributed by atoms with van der Waals surface area (Å²) in [6.45, 7) is -0.211. The van der Waals surface area contributed by atoms with E-state index in [1.807, 2.05) is 0 Å². The highest BCUT2D eigenvalue weighted by Gasteiger charge is 2.34. The molecule has 0 bridgehead atoms. The summed E-state index contributed by atoms with van der Waals surface area (Å²) in [6.07, 6.45) is -1.90. The standard InChI is InChI=1S/C19H14F4N4O2/c1-29-18(28)11-4-5-14(20)13(7-11)10-25-16-8-15(19(21,22)23)26-17(27-16)12-3-2-6-24-9-12/h2-9H,10H2,1H3,(H,25,26,27). The molecule has 3 aromatic rings. The summed E-state index contributed by atoms with van der Waals surface area (Å²) in [5.41, 5.74) is -0.693. The second kappa shape index (κ2) is 8.21. The van der Waals surface area contributed by atoms with E-state index < -0.39 is 23.7 Å². The number of aromatic nitrogens is 3. The van der Waals surface area contributed by atoms with E-state index in [0.717, 1.165) is 12.1 Å². The Bertz CT molecular complexity index is 1030. The molecule has 2 aromatic heterocycles. The van der Waals surface area contributed by atoms with Crippen LogP contribution in [-0.2, 0) is 17.5 Å². The lowest BCUT2D eigenvalue weighted by Crippen LogP contribution is -2.13. The number of alkyl halides is 3. The lowest BCUT2D eigenvalue weighted by Gasteiger charge is -2.12. The maximum absolute atomic E-state index is 14.0. The maximum atomic E-state index is 14.0. The fourth-order valence-corrected chi connectivity index (χ4v) is 2.45. The van der Waals surface area contributed by atoms with Crippen molar-refractivity contribution in [1.29, 1.82) is 0 Å². The van der Waals surface area contributed by atoms with Gasteiger partial charge in [-0.15, -0.1) is 0 Å². The first-order chi connectivity index (χ1) is 13.8. The van der Waals surface area contributed by atoms with Crippen molar-refractivity contribution in [2.45, 2.75) is 12.7 Å². The summed E-state index contributed by atoms with van der Waals surface area (Å²) in [6, 6.07) is 7.36. The summed E-state index contributed by atoms with van der Waals surface area (Å²) >= 11 is 0. The second-order valence-electron chi connectivity index (χ2n) is 5.85. The molecule has 29 heavy (non-hydrogen) atoms. The van der Waals surface area contributed by atoms with Crippen molar-refractivity contribution in [3.8, 4) is 11.4 Å². The van der Waals surface area contributed by atoms with Crippen LogP contribution in [0.1, 0.15) is 21.6 Å².